The molecule has 4 aliphatic carbocycles. The topological polar surface area (TPSA) is 78.7 Å². The van der Waals surface area contributed by atoms with Crippen LogP contribution in [0.5, 0.6) is 5.75 Å². The molecule has 0 bridgehead atoms. The Morgan fingerprint density at radius 1 is 1.02 bits per heavy atom. The molecule has 0 amide bonds. The van der Waals surface area contributed by atoms with Crippen molar-refractivity contribution in [3.8, 4) is 5.75 Å². The van der Waals surface area contributed by atoms with Gasteiger partial charge in [0.1, 0.15) is 11.9 Å². The van der Waals surface area contributed by atoms with E-state index in [0.717, 1.165) is 54.8 Å². The van der Waals surface area contributed by atoms with Crippen LogP contribution in [0.4, 0.5) is 10.5 Å². The third-order valence-electron chi connectivity index (χ3n) is 11.8. The van der Waals surface area contributed by atoms with Crippen molar-refractivity contribution >= 4 is 11.8 Å². The van der Waals surface area contributed by atoms with Gasteiger partial charge in [-0.15, -0.1) is 0 Å². The molecule has 0 N–H and O–H groups in total. The minimum Gasteiger partial charge on any atom is -0.430 e. The molecule has 0 saturated heterocycles. The number of hydrogen-bond donors (Lipinski definition) is 0. The van der Waals surface area contributed by atoms with Gasteiger partial charge in [0.25, 0.3) is 5.69 Å². The highest BCUT2D eigenvalue weighted by Crippen LogP contribution is 2.67. The van der Waals surface area contributed by atoms with Crippen molar-refractivity contribution < 1.29 is 19.2 Å². The van der Waals surface area contributed by atoms with Crippen molar-refractivity contribution in [1.82, 2.24) is 0 Å². The van der Waals surface area contributed by atoms with E-state index >= 15 is 0 Å². The molecule has 6 nitrogen and oxygen atoms in total. The van der Waals surface area contributed by atoms with Crippen molar-refractivity contribution in [2.45, 2.75) is 111 Å². The zero-order valence-corrected chi connectivity index (χ0v) is 25.2. The molecule has 40 heavy (non-hydrogen) atoms. The summed E-state index contributed by atoms with van der Waals surface area (Å²) in [6, 6.07) is 5.51. The van der Waals surface area contributed by atoms with Crippen molar-refractivity contribution in [2.75, 3.05) is 0 Å². The molecule has 1 aromatic carbocycles. The van der Waals surface area contributed by atoms with Gasteiger partial charge in [-0.2, -0.15) is 0 Å². The van der Waals surface area contributed by atoms with Gasteiger partial charge >= 0.3 is 6.16 Å². The fraction of sp³-hybridized carbons (Fsp3) is 0.735. The van der Waals surface area contributed by atoms with Crippen LogP contribution >= 0.6 is 0 Å². The van der Waals surface area contributed by atoms with Gasteiger partial charge in [-0.3, -0.25) is 10.1 Å². The Morgan fingerprint density at radius 3 is 2.48 bits per heavy atom. The summed E-state index contributed by atoms with van der Waals surface area (Å²) in [6.07, 6.45) is 15.1. The second-order valence-electron chi connectivity index (χ2n) is 14.4. The number of allylic oxidation sites excluding steroid dienone is 1. The molecule has 0 aromatic heterocycles. The summed E-state index contributed by atoms with van der Waals surface area (Å²) < 4.78 is 11.1. The summed E-state index contributed by atoms with van der Waals surface area (Å²) >= 11 is 0. The fourth-order valence-corrected chi connectivity index (χ4v) is 9.64. The molecule has 8 atom stereocenters. The Morgan fingerprint density at radius 2 is 1.77 bits per heavy atom. The van der Waals surface area contributed by atoms with E-state index < -0.39 is 11.1 Å². The van der Waals surface area contributed by atoms with E-state index in [-0.39, 0.29) is 23.0 Å². The number of carbonyl (C=O) groups excluding carboxylic acids is 1. The normalized spacial score (nSPS) is 35.6. The third-order valence-corrected chi connectivity index (χ3v) is 11.8. The molecule has 5 rings (SSSR count). The Labute approximate surface area is 240 Å². The lowest BCUT2D eigenvalue weighted by Gasteiger charge is -2.58. The van der Waals surface area contributed by atoms with Gasteiger partial charge in [-0.25, -0.2) is 4.79 Å². The van der Waals surface area contributed by atoms with Gasteiger partial charge in [-0.1, -0.05) is 65.5 Å². The van der Waals surface area contributed by atoms with E-state index in [9.17, 15) is 14.9 Å². The highest BCUT2D eigenvalue weighted by molar-refractivity contribution is 5.64. The Hall–Kier alpha value is -2.37. The number of hydrogen-bond acceptors (Lipinski definition) is 5. The molecule has 0 unspecified atom stereocenters. The monoisotopic (exact) mass is 551 g/mol. The summed E-state index contributed by atoms with van der Waals surface area (Å²) in [5.74, 6) is 5.11. The maximum absolute atomic E-state index is 12.5. The molecule has 3 saturated carbocycles. The van der Waals surface area contributed by atoms with Gasteiger partial charge in [0.2, 0.25) is 0 Å². The molecule has 4 aliphatic rings. The Bertz CT molecular complexity index is 1110. The number of nitro groups is 1. The SMILES string of the molecule is CC(C)CCC[C@H](C)[C@H]1CC[C@H]2[C@H]3CC=C4C[C@@H](OC(=O)Oc5ccc([N+](=O)[O-])cc5)CC[C@]4(C)[C@@H]3CC[C@]12C. The predicted octanol–water partition coefficient (Wildman–Crippen LogP) is 9.52. The average molecular weight is 552 g/mol. The van der Waals surface area contributed by atoms with Gasteiger partial charge in [0.05, 0.1) is 4.92 Å². The molecular formula is C34H49NO5. The minimum absolute atomic E-state index is 0.0397. The first kappa shape index (κ1) is 29.1. The van der Waals surface area contributed by atoms with E-state index in [0.29, 0.717) is 5.41 Å². The first-order chi connectivity index (χ1) is 19.0. The lowest BCUT2D eigenvalue weighted by molar-refractivity contribution is -0.384. The summed E-state index contributed by atoms with van der Waals surface area (Å²) in [5, 5.41) is 10.9. The predicted molar refractivity (Wildman–Crippen MR) is 157 cm³/mol. The third kappa shape index (κ3) is 5.56. The van der Waals surface area contributed by atoms with E-state index in [1.54, 1.807) is 0 Å². The summed E-state index contributed by atoms with van der Waals surface area (Å²) in [7, 11) is 0. The van der Waals surface area contributed by atoms with Crippen LogP contribution < -0.4 is 4.74 Å². The van der Waals surface area contributed by atoms with Gasteiger partial charge < -0.3 is 9.47 Å². The van der Waals surface area contributed by atoms with Crippen LogP contribution in [-0.4, -0.2) is 17.2 Å². The van der Waals surface area contributed by atoms with E-state index in [4.69, 9.17) is 9.47 Å². The van der Waals surface area contributed by atoms with Crippen LogP contribution in [-0.2, 0) is 4.74 Å². The van der Waals surface area contributed by atoms with Gasteiger partial charge in [0, 0.05) is 18.6 Å². The Balaban J connectivity index is 1.20. The number of carbonyl (C=O) groups is 1. The molecule has 3 fully saturated rings. The molecule has 0 radical (unpaired) electrons. The molecular weight excluding hydrogens is 502 g/mol. The van der Waals surface area contributed by atoms with E-state index in [1.807, 2.05) is 0 Å². The number of non-ortho nitro benzene ring substituents is 1. The zero-order chi connectivity index (χ0) is 28.7. The first-order valence-electron chi connectivity index (χ1n) is 15.8. The summed E-state index contributed by atoms with van der Waals surface area (Å²) in [4.78, 5) is 22.9. The van der Waals surface area contributed by atoms with Crippen molar-refractivity contribution in [3.05, 3.63) is 46.0 Å². The lowest BCUT2D eigenvalue weighted by atomic mass is 9.47. The standard InChI is InChI=1S/C34H49NO5/c1-22(2)7-6-8-23(3)29-15-16-30-28-14-9-24-21-27(17-19-33(24,4)31(28)18-20-34(29,30)5)40-32(36)39-26-12-10-25(11-13-26)35(37)38/h9-13,22-23,27-31H,6-8,14-21H2,1-5H3/t23-,27-,28+,29+,30-,31+,33-,34+/m0/s1. The van der Waals surface area contributed by atoms with Crippen LogP contribution in [0.25, 0.3) is 0 Å². The summed E-state index contributed by atoms with van der Waals surface area (Å²) in [5.41, 5.74) is 2.13. The van der Waals surface area contributed by atoms with Gasteiger partial charge in [0.15, 0.2) is 0 Å². The molecule has 0 aliphatic heterocycles. The van der Waals surface area contributed by atoms with Crippen LogP contribution in [0.3, 0.4) is 0 Å². The maximum Gasteiger partial charge on any atom is 0.514 e. The molecule has 6 heteroatoms. The highest BCUT2D eigenvalue weighted by atomic mass is 16.7. The quantitative estimate of drug-likeness (QED) is 0.106. The van der Waals surface area contributed by atoms with Crippen molar-refractivity contribution in [1.29, 1.82) is 0 Å². The van der Waals surface area contributed by atoms with E-state index in [2.05, 4.69) is 40.7 Å². The summed E-state index contributed by atoms with van der Waals surface area (Å²) in [6.45, 7) is 12.4. The smallest absolute Gasteiger partial charge is 0.430 e. The molecule has 220 valence electrons. The zero-order valence-electron chi connectivity index (χ0n) is 25.2. The van der Waals surface area contributed by atoms with Crippen molar-refractivity contribution in [2.24, 2.45) is 46.3 Å². The van der Waals surface area contributed by atoms with Crippen LogP contribution in [0.15, 0.2) is 35.9 Å². The molecule has 0 heterocycles. The second-order valence-corrected chi connectivity index (χ2v) is 14.4. The van der Waals surface area contributed by atoms with E-state index in [1.165, 1.54) is 81.2 Å². The Kier molecular flexibility index (Phi) is 8.37. The van der Waals surface area contributed by atoms with Crippen LogP contribution in [0.1, 0.15) is 105 Å². The average Bonchev–Trinajstić information content (AvgIpc) is 3.26. The largest absolute Gasteiger partial charge is 0.514 e. The molecule has 1 aromatic rings. The number of rotatable bonds is 8. The molecule has 0 spiro atoms. The lowest BCUT2D eigenvalue weighted by Crippen LogP contribution is -2.51. The fourth-order valence-electron chi connectivity index (χ4n) is 9.64. The van der Waals surface area contributed by atoms with Crippen LogP contribution in [0, 0.1) is 56.5 Å². The minimum atomic E-state index is -0.732. The maximum atomic E-state index is 12.5. The number of fused-ring (bicyclic) bond motifs is 5. The number of nitrogens with zero attached hydrogens (tertiary/aromatic N) is 1. The number of ether oxygens (including phenoxy) is 2. The first-order valence-corrected chi connectivity index (χ1v) is 15.8. The van der Waals surface area contributed by atoms with Crippen LogP contribution in [0.2, 0.25) is 0 Å². The number of benzene rings is 1. The van der Waals surface area contributed by atoms with Crippen molar-refractivity contribution in [3.63, 3.8) is 0 Å². The van der Waals surface area contributed by atoms with Gasteiger partial charge in [-0.05, 0) is 103 Å². The highest BCUT2D eigenvalue weighted by Gasteiger charge is 2.59. The second kappa shape index (κ2) is 11.5. The number of nitro benzene ring substituents is 1.